The molecular formula is C54H34Br2N6. The van der Waals surface area contributed by atoms with E-state index < -0.39 is 0 Å². The normalized spacial score (nSPS) is 11.1. The number of halogens is 2. The molecule has 0 bridgehead atoms. The summed E-state index contributed by atoms with van der Waals surface area (Å²) in [6, 6.07) is 66.1. The summed E-state index contributed by atoms with van der Waals surface area (Å²) in [5, 5.41) is 2.39. The lowest BCUT2D eigenvalue weighted by Crippen LogP contribution is -1.97. The van der Waals surface area contributed by atoms with Crippen molar-refractivity contribution in [2.24, 2.45) is 0 Å². The van der Waals surface area contributed by atoms with Gasteiger partial charge in [0, 0.05) is 43.6 Å². The zero-order valence-corrected chi connectivity index (χ0v) is 36.2. The van der Waals surface area contributed by atoms with Crippen LogP contribution in [0.3, 0.4) is 0 Å². The first-order valence-electron chi connectivity index (χ1n) is 20.1. The van der Waals surface area contributed by atoms with Gasteiger partial charge in [0.2, 0.25) is 0 Å². The van der Waals surface area contributed by atoms with Gasteiger partial charge < -0.3 is 0 Å². The molecule has 4 heterocycles. The van der Waals surface area contributed by atoms with Crippen molar-refractivity contribution in [1.29, 1.82) is 0 Å². The molecule has 11 rings (SSSR count). The molecule has 0 aliphatic rings. The standard InChI is InChI=1S/C31H20BrN3.C23H14BrN3/c32-27-14-7-13-23(20-27)31-34-28-15-8-16-33-30(28)29(35-31)26-18-24(21-9-3-1-4-10-21)17-25(19-26)22-11-5-2-6-12-22;24-19-8-3-7-18(14-19)23-26-20-9-4-12-25-22(20)21(27-23)17-11-10-15-5-1-2-6-16(15)13-17/h1-20H;1-14H. The van der Waals surface area contributed by atoms with E-state index in [1.54, 1.807) is 12.4 Å². The van der Waals surface area contributed by atoms with Crippen LogP contribution in [0.5, 0.6) is 0 Å². The van der Waals surface area contributed by atoms with Crippen molar-refractivity contribution in [2.75, 3.05) is 0 Å². The predicted molar refractivity (Wildman–Crippen MR) is 260 cm³/mol. The maximum atomic E-state index is 5.06. The van der Waals surface area contributed by atoms with E-state index in [2.05, 4.69) is 151 Å². The second-order valence-electron chi connectivity index (χ2n) is 14.6. The molecule has 0 N–H and O–H groups in total. The number of fused-ring (bicyclic) bond motifs is 3. The second kappa shape index (κ2) is 17.4. The van der Waals surface area contributed by atoms with Gasteiger partial charge in [0.15, 0.2) is 11.6 Å². The van der Waals surface area contributed by atoms with Crippen molar-refractivity contribution in [2.45, 2.75) is 0 Å². The molecule has 0 spiro atoms. The lowest BCUT2D eigenvalue weighted by Gasteiger charge is -2.13. The van der Waals surface area contributed by atoms with Crippen molar-refractivity contribution in [1.82, 2.24) is 29.9 Å². The smallest absolute Gasteiger partial charge is 0.160 e. The van der Waals surface area contributed by atoms with Crippen molar-refractivity contribution in [3.63, 3.8) is 0 Å². The van der Waals surface area contributed by atoms with Crippen LogP contribution in [0, 0.1) is 0 Å². The third-order valence-corrected chi connectivity index (χ3v) is 11.5. The highest BCUT2D eigenvalue weighted by Gasteiger charge is 2.16. The molecule has 0 aliphatic carbocycles. The number of nitrogens with zero attached hydrogens (tertiary/aromatic N) is 6. The van der Waals surface area contributed by atoms with Gasteiger partial charge in [0.05, 0.1) is 11.0 Å². The van der Waals surface area contributed by atoms with Crippen LogP contribution in [0.15, 0.2) is 215 Å². The fourth-order valence-electron chi connectivity index (χ4n) is 7.55. The zero-order valence-electron chi connectivity index (χ0n) is 33.1. The number of hydrogen-bond acceptors (Lipinski definition) is 6. The Morgan fingerprint density at radius 3 is 1.29 bits per heavy atom. The quantitative estimate of drug-likeness (QED) is 0.165. The van der Waals surface area contributed by atoms with Crippen molar-refractivity contribution < 1.29 is 0 Å². The average Bonchev–Trinajstić information content (AvgIpc) is 3.33. The molecule has 0 atom stereocenters. The van der Waals surface area contributed by atoms with Crippen LogP contribution in [0.25, 0.3) is 100 Å². The van der Waals surface area contributed by atoms with Crippen molar-refractivity contribution in [3.05, 3.63) is 215 Å². The average molecular weight is 927 g/mol. The molecule has 0 amide bonds. The summed E-state index contributed by atoms with van der Waals surface area (Å²) in [6.45, 7) is 0. The summed E-state index contributed by atoms with van der Waals surface area (Å²) in [4.78, 5) is 28.8. The van der Waals surface area contributed by atoms with Crippen LogP contribution >= 0.6 is 31.9 Å². The zero-order chi connectivity index (χ0) is 41.8. The molecule has 62 heavy (non-hydrogen) atoms. The van der Waals surface area contributed by atoms with Crippen LogP contribution in [0.1, 0.15) is 0 Å². The lowest BCUT2D eigenvalue weighted by atomic mass is 9.94. The van der Waals surface area contributed by atoms with Crippen LogP contribution in [-0.4, -0.2) is 29.9 Å². The number of pyridine rings is 2. The van der Waals surface area contributed by atoms with Crippen molar-refractivity contribution in [3.8, 4) is 67.5 Å². The van der Waals surface area contributed by atoms with Gasteiger partial charge in [-0.15, -0.1) is 0 Å². The molecule has 4 aromatic heterocycles. The second-order valence-corrected chi connectivity index (χ2v) is 16.5. The topological polar surface area (TPSA) is 77.3 Å². The van der Waals surface area contributed by atoms with Gasteiger partial charge in [-0.1, -0.05) is 153 Å². The number of rotatable bonds is 6. The molecule has 11 aromatic rings. The lowest BCUT2D eigenvalue weighted by molar-refractivity contribution is 1.20. The highest BCUT2D eigenvalue weighted by molar-refractivity contribution is 9.10. The van der Waals surface area contributed by atoms with Crippen LogP contribution < -0.4 is 0 Å². The Morgan fingerprint density at radius 2 is 0.758 bits per heavy atom. The molecule has 7 aromatic carbocycles. The molecule has 294 valence electrons. The monoisotopic (exact) mass is 924 g/mol. The number of benzene rings is 7. The van der Waals surface area contributed by atoms with Gasteiger partial charge in [0.25, 0.3) is 0 Å². The number of aromatic nitrogens is 6. The largest absolute Gasteiger partial charge is 0.252 e. The summed E-state index contributed by atoms with van der Waals surface area (Å²) in [7, 11) is 0. The Bertz CT molecular complexity index is 3340. The first kappa shape index (κ1) is 38.9. The Morgan fingerprint density at radius 1 is 0.290 bits per heavy atom. The third kappa shape index (κ3) is 8.26. The Balaban J connectivity index is 0.000000153. The van der Waals surface area contributed by atoms with E-state index in [9.17, 15) is 0 Å². The molecule has 0 saturated carbocycles. The SMILES string of the molecule is Brc1cccc(-c2nc(-c3cc(-c4ccccc4)cc(-c4ccccc4)c3)c3ncccc3n2)c1.Brc1cccc(-c2nc(-c3ccc4ccccc4c3)c3ncccc3n2)c1. The summed E-state index contributed by atoms with van der Waals surface area (Å²) in [6.07, 6.45) is 3.59. The first-order valence-corrected chi connectivity index (χ1v) is 21.6. The third-order valence-electron chi connectivity index (χ3n) is 10.5. The molecule has 0 saturated heterocycles. The van der Waals surface area contributed by atoms with E-state index in [1.165, 1.54) is 10.8 Å². The Kier molecular flexibility index (Phi) is 10.9. The van der Waals surface area contributed by atoms with Crippen LogP contribution in [0.2, 0.25) is 0 Å². The van der Waals surface area contributed by atoms with Crippen LogP contribution in [-0.2, 0) is 0 Å². The van der Waals surface area contributed by atoms with E-state index in [4.69, 9.17) is 19.9 Å². The maximum absolute atomic E-state index is 5.06. The summed E-state index contributed by atoms with van der Waals surface area (Å²) >= 11 is 7.11. The fourth-order valence-corrected chi connectivity index (χ4v) is 8.34. The van der Waals surface area contributed by atoms with E-state index in [0.29, 0.717) is 11.6 Å². The van der Waals surface area contributed by atoms with Crippen LogP contribution in [0.4, 0.5) is 0 Å². The number of hydrogen-bond donors (Lipinski definition) is 0. The fraction of sp³-hybridized carbons (Fsp3) is 0. The van der Waals surface area contributed by atoms with Gasteiger partial charge in [-0.05, 0) is 106 Å². The molecule has 0 radical (unpaired) electrons. The molecular weight excluding hydrogens is 892 g/mol. The van der Waals surface area contributed by atoms with E-state index >= 15 is 0 Å². The van der Waals surface area contributed by atoms with E-state index in [0.717, 1.165) is 86.9 Å². The predicted octanol–water partition coefficient (Wildman–Crippen LogP) is 14.7. The minimum absolute atomic E-state index is 0.674. The minimum Gasteiger partial charge on any atom is -0.252 e. The van der Waals surface area contributed by atoms with Crippen molar-refractivity contribution >= 4 is 64.7 Å². The minimum atomic E-state index is 0.674. The summed E-state index contributed by atoms with van der Waals surface area (Å²) in [5.74, 6) is 1.37. The summed E-state index contributed by atoms with van der Waals surface area (Å²) in [5.41, 5.74) is 13.5. The Hall–Kier alpha value is -7.26. The molecule has 0 aliphatic heterocycles. The van der Waals surface area contributed by atoms with Gasteiger partial charge in [0.1, 0.15) is 22.4 Å². The van der Waals surface area contributed by atoms with Gasteiger partial charge in [-0.3, -0.25) is 9.97 Å². The molecule has 0 fully saturated rings. The summed E-state index contributed by atoms with van der Waals surface area (Å²) < 4.78 is 1.99. The highest BCUT2D eigenvalue weighted by atomic mass is 79.9. The highest BCUT2D eigenvalue weighted by Crippen LogP contribution is 2.36. The Labute approximate surface area is 375 Å². The first-order chi connectivity index (χ1) is 30.5. The van der Waals surface area contributed by atoms with Gasteiger partial charge in [-0.25, -0.2) is 19.9 Å². The maximum Gasteiger partial charge on any atom is 0.160 e. The van der Waals surface area contributed by atoms with Gasteiger partial charge in [-0.2, -0.15) is 0 Å². The molecule has 6 nitrogen and oxygen atoms in total. The van der Waals surface area contributed by atoms with Gasteiger partial charge >= 0.3 is 0 Å². The molecule has 0 unspecified atom stereocenters. The van der Waals surface area contributed by atoms with E-state index in [-0.39, 0.29) is 0 Å². The van der Waals surface area contributed by atoms with E-state index in [1.807, 2.05) is 84.9 Å². The molecule has 8 heteroatoms.